The van der Waals surface area contributed by atoms with Crippen LogP contribution in [0.3, 0.4) is 0 Å². The molecule has 8 nitrogen and oxygen atoms in total. The van der Waals surface area contributed by atoms with Crippen molar-refractivity contribution in [2.24, 2.45) is 0 Å². The number of hydrogen-bond donors (Lipinski definition) is 1. The van der Waals surface area contributed by atoms with E-state index in [1.807, 2.05) is 12.1 Å². The first-order valence-electron chi connectivity index (χ1n) is 6.81. The molecule has 23 heavy (non-hydrogen) atoms. The van der Waals surface area contributed by atoms with Gasteiger partial charge in [-0.2, -0.15) is 9.40 Å². The van der Waals surface area contributed by atoms with Gasteiger partial charge in [0.05, 0.1) is 13.3 Å². The van der Waals surface area contributed by atoms with Gasteiger partial charge in [0.25, 0.3) is 0 Å². The van der Waals surface area contributed by atoms with Crippen molar-refractivity contribution in [3.8, 4) is 5.75 Å². The molecule has 1 aromatic heterocycles. The van der Waals surface area contributed by atoms with E-state index in [-0.39, 0.29) is 24.5 Å². The summed E-state index contributed by atoms with van der Waals surface area (Å²) in [6.45, 7) is 0.0777. The molecule has 0 spiro atoms. The van der Waals surface area contributed by atoms with Crippen LogP contribution in [0.4, 0.5) is 0 Å². The Hall–Kier alpha value is -2.39. The highest BCUT2D eigenvalue weighted by molar-refractivity contribution is 7.89. The summed E-state index contributed by atoms with van der Waals surface area (Å²) >= 11 is 0. The molecule has 0 atom stereocenters. The van der Waals surface area contributed by atoms with Gasteiger partial charge >= 0.3 is 5.97 Å². The van der Waals surface area contributed by atoms with E-state index in [1.165, 1.54) is 16.7 Å². The number of carbonyl (C=O) groups is 1. The van der Waals surface area contributed by atoms with Crippen molar-refractivity contribution in [1.29, 1.82) is 0 Å². The summed E-state index contributed by atoms with van der Waals surface area (Å²) in [6, 6.07) is 5.47. The Kier molecular flexibility index (Phi) is 3.82. The van der Waals surface area contributed by atoms with Gasteiger partial charge in [-0.25, -0.2) is 8.42 Å². The molecule has 0 saturated carbocycles. The second-order valence-electron chi connectivity index (χ2n) is 5.14. The predicted octanol–water partition coefficient (Wildman–Crippen LogP) is 0.681. The summed E-state index contributed by atoms with van der Waals surface area (Å²) in [5.74, 6) is -0.433. The maximum atomic E-state index is 12.7. The van der Waals surface area contributed by atoms with Crippen LogP contribution in [0, 0.1) is 0 Å². The van der Waals surface area contributed by atoms with Crippen LogP contribution in [0.2, 0.25) is 0 Å². The summed E-state index contributed by atoms with van der Waals surface area (Å²) < 4.78 is 33.0. The molecule has 2 heterocycles. The van der Waals surface area contributed by atoms with E-state index in [0.717, 1.165) is 15.8 Å². The van der Waals surface area contributed by atoms with E-state index < -0.39 is 16.0 Å². The summed E-state index contributed by atoms with van der Waals surface area (Å²) in [5, 5.41) is 12.5. The number of carboxylic acids is 1. The fourth-order valence-corrected chi connectivity index (χ4v) is 3.92. The quantitative estimate of drug-likeness (QED) is 0.861. The Morgan fingerprint density at radius 1 is 1.39 bits per heavy atom. The first kappa shape index (κ1) is 15.5. The topological polar surface area (TPSA) is 102 Å². The molecule has 0 amide bonds. The second-order valence-corrected chi connectivity index (χ2v) is 7.08. The van der Waals surface area contributed by atoms with Crippen molar-refractivity contribution in [3.63, 3.8) is 0 Å². The standard InChI is InChI=1S/C14H15N3O5S/c1-22-13-4-2-3-10-6-17(8-12(10)13)23(20,21)11-5-15-16(7-11)9-14(18)19/h2-5,7H,6,8-9H2,1H3,(H,18,19). The first-order chi connectivity index (χ1) is 10.9. The van der Waals surface area contributed by atoms with Crippen molar-refractivity contribution in [1.82, 2.24) is 14.1 Å². The maximum absolute atomic E-state index is 12.7. The Labute approximate surface area is 133 Å². The number of aromatic nitrogens is 2. The minimum Gasteiger partial charge on any atom is -0.496 e. The molecule has 2 aromatic rings. The van der Waals surface area contributed by atoms with Gasteiger partial charge in [0, 0.05) is 24.8 Å². The average molecular weight is 337 g/mol. The summed E-state index contributed by atoms with van der Waals surface area (Å²) in [6.07, 6.45) is 2.39. The van der Waals surface area contributed by atoms with Gasteiger partial charge in [0.15, 0.2) is 0 Å². The number of ether oxygens (including phenoxy) is 1. The Morgan fingerprint density at radius 2 is 2.17 bits per heavy atom. The molecule has 1 N–H and O–H groups in total. The number of aliphatic carboxylic acids is 1. The molecule has 0 unspecified atom stereocenters. The SMILES string of the molecule is COc1cccc2c1CN(S(=O)(=O)c1cnn(CC(=O)O)c1)C2. The molecule has 3 rings (SSSR count). The summed E-state index contributed by atoms with van der Waals surface area (Å²) in [7, 11) is -2.20. The average Bonchev–Trinajstić information content (AvgIpc) is 3.12. The highest BCUT2D eigenvalue weighted by atomic mass is 32.2. The lowest BCUT2D eigenvalue weighted by Crippen LogP contribution is -2.25. The number of nitrogens with zero attached hydrogens (tertiary/aromatic N) is 3. The zero-order chi connectivity index (χ0) is 16.6. The lowest BCUT2D eigenvalue weighted by atomic mass is 10.1. The van der Waals surface area contributed by atoms with Crippen LogP contribution in [0.5, 0.6) is 5.75 Å². The largest absolute Gasteiger partial charge is 0.496 e. The fourth-order valence-electron chi connectivity index (χ4n) is 2.57. The van der Waals surface area contributed by atoms with Gasteiger partial charge in [0.1, 0.15) is 17.2 Å². The highest BCUT2D eigenvalue weighted by Crippen LogP contribution is 2.33. The molecular weight excluding hydrogens is 322 g/mol. The third kappa shape index (κ3) is 2.80. The van der Waals surface area contributed by atoms with E-state index in [0.29, 0.717) is 5.75 Å². The molecule has 9 heteroatoms. The van der Waals surface area contributed by atoms with Gasteiger partial charge in [-0.15, -0.1) is 0 Å². The van der Waals surface area contributed by atoms with Crippen molar-refractivity contribution in [2.45, 2.75) is 24.5 Å². The number of rotatable bonds is 5. The van der Waals surface area contributed by atoms with Crippen LogP contribution < -0.4 is 4.74 Å². The summed E-state index contributed by atoms with van der Waals surface area (Å²) in [5.41, 5.74) is 1.74. The molecule has 1 aromatic carbocycles. The van der Waals surface area contributed by atoms with Gasteiger partial charge in [-0.1, -0.05) is 12.1 Å². The lowest BCUT2D eigenvalue weighted by Gasteiger charge is -2.14. The Morgan fingerprint density at radius 3 is 2.87 bits per heavy atom. The zero-order valence-corrected chi connectivity index (χ0v) is 13.2. The molecule has 1 aliphatic rings. The molecule has 0 radical (unpaired) electrons. The van der Waals surface area contributed by atoms with Crippen LogP contribution in [0.15, 0.2) is 35.5 Å². The number of methoxy groups -OCH3 is 1. The van der Waals surface area contributed by atoms with Gasteiger partial charge in [0.2, 0.25) is 10.0 Å². The monoisotopic (exact) mass is 337 g/mol. The highest BCUT2D eigenvalue weighted by Gasteiger charge is 2.33. The predicted molar refractivity (Wildman–Crippen MR) is 79.3 cm³/mol. The molecule has 122 valence electrons. The Balaban J connectivity index is 1.87. The fraction of sp³-hybridized carbons (Fsp3) is 0.286. The van der Waals surface area contributed by atoms with Crippen molar-refractivity contribution in [2.75, 3.05) is 7.11 Å². The van der Waals surface area contributed by atoms with Gasteiger partial charge in [-0.05, 0) is 11.6 Å². The minimum atomic E-state index is -3.74. The molecule has 0 aliphatic carbocycles. The molecule has 1 aliphatic heterocycles. The summed E-state index contributed by atoms with van der Waals surface area (Å²) in [4.78, 5) is 10.6. The van der Waals surface area contributed by atoms with E-state index in [9.17, 15) is 13.2 Å². The van der Waals surface area contributed by atoms with Crippen LogP contribution in [-0.2, 0) is 34.5 Å². The van der Waals surface area contributed by atoms with Gasteiger partial charge < -0.3 is 9.84 Å². The number of hydrogen-bond acceptors (Lipinski definition) is 5. The first-order valence-corrected chi connectivity index (χ1v) is 8.25. The zero-order valence-electron chi connectivity index (χ0n) is 12.3. The molecule has 0 saturated heterocycles. The van der Waals surface area contributed by atoms with Crippen LogP contribution in [0.25, 0.3) is 0 Å². The number of sulfonamides is 1. The molecule has 0 fully saturated rings. The van der Waals surface area contributed by atoms with E-state index in [4.69, 9.17) is 9.84 Å². The van der Waals surface area contributed by atoms with E-state index >= 15 is 0 Å². The maximum Gasteiger partial charge on any atom is 0.325 e. The lowest BCUT2D eigenvalue weighted by molar-refractivity contribution is -0.137. The van der Waals surface area contributed by atoms with Crippen molar-refractivity contribution in [3.05, 3.63) is 41.7 Å². The normalized spacial score (nSPS) is 14.7. The Bertz CT molecular complexity index is 859. The number of benzene rings is 1. The van der Waals surface area contributed by atoms with E-state index in [2.05, 4.69) is 5.10 Å². The van der Waals surface area contributed by atoms with Crippen LogP contribution >= 0.6 is 0 Å². The number of fused-ring (bicyclic) bond motifs is 1. The second kappa shape index (κ2) is 5.67. The smallest absolute Gasteiger partial charge is 0.325 e. The minimum absolute atomic E-state index is 0.0227. The van der Waals surface area contributed by atoms with Crippen molar-refractivity contribution < 1.29 is 23.1 Å². The third-order valence-corrected chi connectivity index (χ3v) is 5.42. The van der Waals surface area contributed by atoms with Gasteiger partial charge in [-0.3, -0.25) is 9.48 Å². The molecule has 0 bridgehead atoms. The van der Waals surface area contributed by atoms with E-state index in [1.54, 1.807) is 13.2 Å². The third-order valence-electron chi connectivity index (χ3n) is 3.68. The molecular formula is C14H15N3O5S. The van der Waals surface area contributed by atoms with Crippen LogP contribution in [0.1, 0.15) is 11.1 Å². The number of carboxylic acid groups (broad SMARTS) is 1. The van der Waals surface area contributed by atoms with Crippen LogP contribution in [-0.4, -0.2) is 40.7 Å². The van der Waals surface area contributed by atoms with Crippen molar-refractivity contribution >= 4 is 16.0 Å².